The Morgan fingerprint density at radius 3 is 2.00 bits per heavy atom. The molecule has 0 aliphatic heterocycles. The van der Waals surface area contributed by atoms with Gasteiger partial charge in [0, 0.05) is 18.0 Å². The van der Waals surface area contributed by atoms with Crippen molar-refractivity contribution < 1.29 is 0 Å². The monoisotopic (exact) mass is 302 g/mol. The molecule has 1 heterocycles. The number of hydrogen-bond donors (Lipinski definition) is 0. The molecule has 0 spiro atoms. The lowest BCUT2D eigenvalue weighted by Gasteiger charge is -2.10. The minimum absolute atomic E-state index is 0.792. The van der Waals surface area contributed by atoms with E-state index in [4.69, 9.17) is 0 Å². The van der Waals surface area contributed by atoms with Gasteiger partial charge in [-0.25, -0.2) is 9.97 Å². The highest BCUT2D eigenvalue weighted by Crippen LogP contribution is 2.30. The van der Waals surface area contributed by atoms with Crippen LogP contribution in [0.15, 0.2) is 60.9 Å². The topological polar surface area (TPSA) is 25.8 Å². The van der Waals surface area contributed by atoms with E-state index in [9.17, 15) is 0 Å². The van der Waals surface area contributed by atoms with Crippen LogP contribution >= 0.6 is 0 Å². The molecule has 0 unspecified atom stereocenters. The van der Waals surface area contributed by atoms with Crippen LogP contribution < -0.4 is 0 Å². The van der Waals surface area contributed by atoms with Gasteiger partial charge in [-0.1, -0.05) is 68.8 Å². The largest absolute Gasteiger partial charge is 0.236 e. The summed E-state index contributed by atoms with van der Waals surface area (Å²) in [4.78, 5) is 9.15. The molecule has 23 heavy (non-hydrogen) atoms. The van der Waals surface area contributed by atoms with Crippen molar-refractivity contribution in [2.24, 2.45) is 0 Å². The van der Waals surface area contributed by atoms with E-state index in [-0.39, 0.29) is 0 Å². The molecule has 116 valence electrons. The Kier molecular flexibility index (Phi) is 4.82. The molecule has 0 atom stereocenters. The Morgan fingerprint density at radius 2 is 1.39 bits per heavy atom. The van der Waals surface area contributed by atoms with Gasteiger partial charge in [0.1, 0.15) is 0 Å². The van der Waals surface area contributed by atoms with Gasteiger partial charge in [-0.3, -0.25) is 0 Å². The van der Waals surface area contributed by atoms with E-state index < -0.39 is 0 Å². The maximum absolute atomic E-state index is 4.58. The molecule has 0 aliphatic rings. The molecule has 0 amide bonds. The lowest BCUT2D eigenvalue weighted by Crippen LogP contribution is -1.94. The van der Waals surface area contributed by atoms with Crippen molar-refractivity contribution in [3.8, 4) is 22.5 Å². The third kappa shape index (κ3) is 3.48. The summed E-state index contributed by atoms with van der Waals surface area (Å²) in [5.74, 6) is 0.792. The molecular weight excluding hydrogens is 280 g/mol. The SMILES string of the molecule is CCCc1cnc(-c2ccccc2-c2ccc(CC)cc2)nc1. The van der Waals surface area contributed by atoms with E-state index in [2.05, 4.69) is 66.3 Å². The van der Waals surface area contributed by atoms with E-state index in [0.29, 0.717) is 0 Å². The van der Waals surface area contributed by atoms with Gasteiger partial charge in [-0.15, -0.1) is 0 Å². The summed E-state index contributed by atoms with van der Waals surface area (Å²) in [6.45, 7) is 4.35. The molecule has 2 heteroatoms. The highest BCUT2D eigenvalue weighted by atomic mass is 14.9. The average molecular weight is 302 g/mol. The quantitative estimate of drug-likeness (QED) is 0.637. The molecule has 1 aromatic heterocycles. The third-order valence-electron chi connectivity index (χ3n) is 4.09. The Labute approximate surface area is 138 Å². The van der Waals surface area contributed by atoms with Crippen molar-refractivity contribution in [3.63, 3.8) is 0 Å². The Balaban J connectivity index is 1.99. The van der Waals surface area contributed by atoms with Crippen molar-refractivity contribution >= 4 is 0 Å². The maximum Gasteiger partial charge on any atom is 0.159 e. The first-order valence-corrected chi connectivity index (χ1v) is 8.31. The van der Waals surface area contributed by atoms with Crippen LogP contribution in [-0.4, -0.2) is 9.97 Å². The van der Waals surface area contributed by atoms with Gasteiger partial charge < -0.3 is 0 Å². The minimum atomic E-state index is 0.792. The van der Waals surface area contributed by atoms with Gasteiger partial charge in [-0.05, 0) is 35.1 Å². The predicted octanol–water partition coefficient (Wildman–Crippen LogP) is 5.33. The van der Waals surface area contributed by atoms with Gasteiger partial charge >= 0.3 is 0 Å². The number of aromatic nitrogens is 2. The standard InChI is InChI=1S/C21H22N2/c1-3-7-17-14-22-21(23-15-17)20-9-6-5-8-19(20)18-12-10-16(4-2)11-13-18/h5-6,8-15H,3-4,7H2,1-2H3. The number of hydrogen-bond acceptors (Lipinski definition) is 2. The fraction of sp³-hybridized carbons (Fsp3) is 0.238. The molecule has 0 radical (unpaired) electrons. The average Bonchev–Trinajstić information content (AvgIpc) is 2.63. The van der Waals surface area contributed by atoms with Crippen LogP contribution in [0.4, 0.5) is 0 Å². The van der Waals surface area contributed by atoms with Crippen molar-refractivity contribution in [2.45, 2.75) is 33.1 Å². The number of rotatable bonds is 5. The third-order valence-corrected chi connectivity index (χ3v) is 4.09. The summed E-state index contributed by atoms with van der Waals surface area (Å²) >= 11 is 0. The molecular formula is C21H22N2. The lowest BCUT2D eigenvalue weighted by atomic mass is 9.98. The highest BCUT2D eigenvalue weighted by molar-refractivity contribution is 5.80. The predicted molar refractivity (Wildman–Crippen MR) is 96.3 cm³/mol. The summed E-state index contributed by atoms with van der Waals surface area (Å²) in [6.07, 6.45) is 7.10. The first kappa shape index (κ1) is 15.4. The molecule has 0 bridgehead atoms. The maximum atomic E-state index is 4.58. The molecule has 0 saturated heterocycles. The molecule has 3 rings (SSSR count). The van der Waals surface area contributed by atoms with Gasteiger partial charge in [0.2, 0.25) is 0 Å². The fourth-order valence-corrected chi connectivity index (χ4v) is 2.76. The number of nitrogens with zero attached hydrogens (tertiary/aromatic N) is 2. The van der Waals surface area contributed by atoms with E-state index in [0.717, 1.165) is 30.7 Å². The molecule has 3 aromatic rings. The Morgan fingerprint density at radius 1 is 0.739 bits per heavy atom. The zero-order chi connectivity index (χ0) is 16.1. The fourth-order valence-electron chi connectivity index (χ4n) is 2.76. The Bertz CT molecular complexity index is 759. The summed E-state index contributed by atoms with van der Waals surface area (Å²) in [6, 6.07) is 17.1. The van der Waals surface area contributed by atoms with Crippen molar-refractivity contribution in [1.29, 1.82) is 0 Å². The molecule has 0 aliphatic carbocycles. The smallest absolute Gasteiger partial charge is 0.159 e. The first-order chi connectivity index (χ1) is 11.3. The Hall–Kier alpha value is -2.48. The highest BCUT2D eigenvalue weighted by Gasteiger charge is 2.09. The summed E-state index contributed by atoms with van der Waals surface area (Å²) in [5.41, 5.74) is 6.02. The van der Waals surface area contributed by atoms with E-state index >= 15 is 0 Å². The first-order valence-electron chi connectivity index (χ1n) is 8.31. The molecule has 0 N–H and O–H groups in total. The van der Waals surface area contributed by atoms with E-state index in [1.165, 1.54) is 22.3 Å². The summed E-state index contributed by atoms with van der Waals surface area (Å²) in [5, 5.41) is 0. The normalized spacial score (nSPS) is 10.7. The van der Waals surface area contributed by atoms with Gasteiger partial charge in [0.15, 0.2) is 5.82 Å². The van der Waals surface area contributed by atoms with Crippen LogP contribution in [0.3, 0.4) is 0 Å². The lowest BCUT2D eigenvalue weighted by molar-refractivity contribution is 0.902. The summed E-state index contributed by atoms with van der Waals surface area (Å²) < 4.78 is 0. The van der Waals surface area contributed by atoms with E-state index in [1.807, 2.05) is 18.5 Å². The van der Waals surface area contributed by atoms with Gasteiger partial charge in [0.05, 0.1) is 0 Å². The van der Waals surface area contributed by atoms with Gasteiger partial charge in [-0.2, -0.15) is 0 Å². The van der Waals surface area contributed by atoms with Crippen molar-refractivity contribution in [3.05, 3.63) is 72.1 Å². The zero-order valence-electron chi connectivity index (χ0n) is 13.8. The molecule has 2 nitrogen and oxygen atoms in total. The molecule has 2 aromatic carbocycles. The van der Waals surface area contributed by atoms with Gasteiger partial charge in [0.25, 0.3) is 0 Å². The summed E-state index contributed by atoms with van der Waals surface area (Å²) in [7, 11) is 0. The van der Waals surface area contributed by atoms with Crippen molar-refractivity contribution in [2.75, 3.05) is 0 Å². The second-order valence-electron chi connectivity index (χ2n) is 5.76. The molecule has 0 saturated carbocycles. The zero-order valence-corrected chi connectivity index (χ0v) is 13.8. The van der Waals surface area contributed by atoms with Crippen LogP contribution in [-0.2, 0) is 12.8 Å². The second-order valence-corrected chi connectivity index (χ2v) is 5.76. The second kappa shape index (κ2) is 7.19. The minimum Gasteiger partial charge on any atom is -0.236 e. The van der Waals surface area contributed by atoms with Crippen LogP contribution in [0.25, 0.3) is 22.5 Å². The number of benzene rings is 2. The molecule has 0 fully saturated rings. The van der Waals surface area contributed by atoms with Crippen LogP contribution in [0.1, 0.15) is 31.4 Å². The van der Waals surface area contributed by atoms with Crippen LogP contribution in [0, 0.1) is 0 Å². The van der Waals surface area contributed by atoms with Crippen molar-refractivity contribution in [1.82, 2.24) is 9.97 Å². The van der Waals surface area contributed by atoms with E-state index in [1.54, 1.807) is 0 Å². The van der Waals surface area contributed by atoms with Crippen LogP contribution in [0.2, 0.25) is 0 Å². The van der Waals surface area contributed by atoms with Crippen LogP contribution in [0.5, 0.6) is 0 Å². The number of aryl methyl sites for hydroxylation is 2.